The first-order chi connectivity index (χ1) is 12.7. The highest BCUT2D eigenvalue weighted by molar-refractivity contribution is 5.95. The first-order valence-electron chi connectivity index (χ1n) is 9.05. The van der Waals surface area contributed by atoms with Gasteiger partial charge in [0.2, 0.25) is 0 Å². The van der Waals surface area contributed by atoms with Gasteiger partial charge in [-0.2, -0.15) is 0 Å². The summed E-state index contributed by atoms with van der Waals surface area (Å²) >= 11 is 0. The minimum Gasteiger partial charge on any atom is -0.365 e. The van der Waals surface area contributed by atoms with Crippen LogP contribution < -0.4 is 0 Å². The molecule has 1 atom stereocenters. The topological polar surface area (TPSA) is 66.8 Å². The lowest BCUT2D eigenvalue weighted by Crippen LogP contribution is -2.40. The van der Waals surface area contributed by atoms with E-state index in [1.165, 1.54) is 0 Å². The van der Waals surface area contributed by atoms with Gasteiger partial charge in [0.15, 0.2) is 0 Å². The SMILES string of the molecule is Cc1[nH]ccc1C(=O)N1CCCC(c2nccn2Cc2cccnc2)C1. The number of hydrogen-bond acceptors (Lipinski definition) is 3. The van der Waals surface area contributed by atoms with Gasteiger partial charge < -0.3 is 14.5 Å². The van der Waals surface area contributed by atoms with Gasteiger partial charge in [0, 0.05) is 55.7 Å². The molecule has 6 heteroatoms. The monoisotopic (exact) mass is 349 g/mol. The van der Waals surface area contributed by atoms with Gasteiger partial charge in [0.25, 0.3) is 5.91 Å². The summed E-state index contributed by atoms with van der Waals surface area (Å²) < 4.78 is 2.18. The molecule has 0 spiro atoms. The molecule has 1 aliphatic heterocycles. The zero-order valence-electron chi connectivity index (χ0n) is 14.9. The second kappa shape index (κ2) is 7.15. The number of imidazole rings is 1. The minimum absolute atomic E-state index is 0.110. The first kappa shape index (κ1) is 16.6. The molecule has 1 fully saturated rings. The van der Waals surface area contributed by atoms with E-state index in [0.717, 1.165) is 48.6 Å². The summed E-state index contributed by atoms with van der Waals surface area (Å²) in [5.74, 6) is 1.43. The lowest BCUT2D eigenvalue weighted by atomic mass is 9.96. The molecule has 26 heavy (non-hydrogen) atoms. The number of nitrogens with zero attached hydrogens (tertiary/aromatic N) is 4. The van der Waals surface area contributed by atoms with Gasteiger partial charge >= 0.3 is 0 Å². The van der Waals surface area contributed by atoms with Crippen molar-refractivity contribution in [2.45, 2.75) is 32.2 Å². The van der Waals surface area contributed by atoms with Gasteiger partial charge in [-0.1, -0.05) is 6.07 Å². The number of likely N-dealkylation sites (tertiary alicyclic amines) is 1. The molecule has 6 nitrogen and oxygen atoms in total. The molecule has 0 saturated carbocycles. The number of aromatic amines is 1. The molecule has 1 unspecified atom stereocenters. The van der Waals surface area contributed by atoms with E-state index >= 15 is 0 Å². The summed E-state index contributed by atoms with van der Waals surface area (Å²) in [5.41, 5.74) is 2.85. The number of hydrogen-bond donors (Lipinski definition) is 1. The highest BCUT2D eigenvalue weighted by Gasteiger charge is 2.28. The maximum Gasteiger partial charge on any atom is 0.255 e. The van der Waals surface area contributed by atoms with Crippen molar-refractivity contribution < 1.29 is 4.79 Å². The third-order valence-electron chi connectivity index (χ3n) is 5.08. The number of nitrogens with one attached hydrogen (secondary N) is 1. The summed E-state index contributed by atoms with van der Waals surface area (Å²) in [6.07, 6.45) is 11.4. The molecule has 0 aromatic carbocycles. The standard InChI is InChI=1S/C20H23N5O/c1-15-18(6-8-22-15)20(26)25-10-3-5-17(14-25)19-23-9-11-24(19)13-16-4-2-7-21-12-16/h2,4,6-9,11-12,17,22H,3,5,10,13-14H2,1H3. The number of carbonyl (C=O) groups excluding carboxylic acids is 1. The molecule has 0 bridgehead atoms. The number of aryl methyl sites for hydroxylation is 1. The van der Waals surface area contributed by atoms with Crippen molar-refractivity contribution in [2.24, 2.45) is 0 Å². The van der Waals surface area contributed by atoms with Crippen LogP contribution in [-0.4, -0.2) is 43.4 Å². The molecule has 134 valence electrons. The molecule has 1 saturated heterocycles. The van der Waals surface area contributed by atoms with Gasteiger partial charge in [0.05, 0.1) is 12.1 Å². The molecule has 3 aromatic rings. The summed E-state index contributed by atoms with van der Waals surface area (Å²) in [6, 6.07) is 5.89. The van der Waals surface area contributed by atoms with Crippen LogP contribution in [0.2, 0.25) is 0 Å². The number of rotatable bonds is 4. The van der Waals surface area contributed by atoms with E-state index in [1.54, 1.807) is 6.20 Å². The molecule has 1 aliphatic rings. The second-order valence-electron chi connectivity index (χ2n) is 6.88. The number of amides is 1. The van der Waals surface area contributed by atoms with Crippen molar-refractivity contribution in [3.63, 3.8) is 0 Å². The van der Waals surface area contributed by atoms with E-state index in [-0.39, 0.29) is 11.8 Å². The van der Waals surface area contributed by atoms with Crippen LogP contribution in [0, 0.1) is 6.92 Å². The van der Waals surface area contributed by atoms with Crippen LogP contribution in [0.25, 0.3) is 0 Å². The van der Waals surface area contributed by atoms with Crippen molar-refractivity contribution in [1.29, 1.82) is 0 Å². The number of pyridine rings is 1. The van der Waals surface area contributed by atoms with Crippen molar-refractivity contribution in [3.05, 3.63) is 71.8 Å². The van der Waals surface area contributed by atoms with Crippen LogP contribution in [0.4, 0.5) is 0 Å². The third-order valence-corrected chi connectivity index (χ3v) is 5.08. The Labute approximate surface area is 152 Å². The van der Waals surface area contributed by atoms with E-state index < -0.39 is 0 Å². The summed E-state index contributed by atoms with van der Waals surface area (Å²) in [7, 11) is 0. The molecule has 1 N–H and O–H groups in total. The van der Waals surface area contributed by atoms with Gasteiger partial charge in [-0.3, -0.25) is 9.78 Å². The Morgan fingerprint density at radius 1 is 1.35 bits per heavy atom. The lowest BCUT2D eigenvalue weighted by molar-refractivity contribution is 0.0703. The number of aromatic nitrogens is 4. The van der Waals surface area contributed by atoms with E-state index in [1.807, 2.05) is 48.7 Å². The van der Waals surface area contributed by atoms with Gasteiger partial charge in [-0.05, 0) is 37.5 Å². The second-order valence-corrected chi connectivity index (χ2v) is 6.88. The van der Waals surface area contributed by atoms with Crippen LogP contribution in [0.3, 0.4) is 0 Å². The Kier molecular flexibility index (Phi) is 4.56. The summed E-state index contributed by atoms with van der Waals surface area (Å²) in [4.78, 5) is 26.7. The van der Waals surface area contributed by atoms with Crippen LogP contribution in [0.1, 0.15) is 46.2 Å². The molecule has 0 radical (unpaired) electrons. The smallest absolute Gasteiger partial charge is 0.255 e. The average molecular weight is 349 g/mol. The van der Waals surface area contributed by atoms with Crippen LogP contribution >= 0.6 is 0 Å². The minimum atomic E-state index is 0.110. The molecule has 4 rings (SSSR count). The first-order valence-corrected chi connectivity index (χ1v) is 9.05. The highest BCUT2D eigenvalue weighted by atomic mass is 16.2. The van der Waals surface area contributed by atoms with Crippen molar-refractivity contribution in [3.8, 4) is 0 Å². The fraction of sp³-hybridized carbons (Fsp3) is 0.350. The molecule has 4 heterocycles. The number of carbonyl (C=O) groups is 1. The zero-order chi connectivity index (χ0) is 17.9. The Balaban J connectivity index is 1.51. The molecule has 3 aromatic heterocycles. The van der Waals surface area contributed by atoms with E-state index in [4.69, 9.17) is 0 Å². The maximum absolute atomic E-state index is 12.8. The lowest BCUT2D eigenvalue weighted by Gasteiger charge is -2.32. The Morgan fingerprint density at radius 3 is 3.04 bits per heavy atom. The van der Waals surface area contributed by atoms with Crippen molar-refractivity contribution >= 4 is 5.91 Å². The maximum atomic E-state index is 12.8. The molecule has 0 aliphatic carbocycles. The normalized spacial score (nSPS) is 17.4. The van der Waals surface area contributed by atoms with Gasteiger partial charge in [0.1, 0.15) is 5.82 Å². The zero-order valence-corrected chi connectivity index (χ0v) is 14.9. The van der Waals surface area contributed by atoms with E-state index in [0.29, 0.717) is 6.54 Å². The van der Waals surface area contributed by atoms with Gasteiger partial charge in [-0.25, -0.2) is 4.98 Å². The Bertz CT molecular complexity index is 883. The highest BCUT2D eigenvalue weighted by Crippen LogP contribution is 2.27. The molecular formula is C20H23N5O. The number of H-pyrrole nitrogens is 1. The molecular weight excluding hydrogens is 326 g/mol. The fourth-order valence-electron chi connectivity index (χ4n) is 3.73. The molecule has 1 amide bonds. The predicted octanol–water partition coefficient (Wildman–Crippen LogP) is 2.98. The van der Waals surface area contributed by atoms with Gasteiger partial charge in [-0.15, -0.1) is 0 Å². The van der Waals surface area contributed by atoms with Crippen LogP contribution in [-0.2, 0) is 6.54 Å². The Morgan fingerprint density at radius 2 is 2.27 bits per heavy atom. The van der Waals surface area contributed by atoms with E-state index in [2.05, 4.69) is 25.6 Å². The van der Waals surface area contributed by atoms with E-state index in [9.17, 15) is 4.79 Å². The van der Waals surface area contributed by atoms with Crippen molar-refractivity contribution in [1.82, 2.24) is 24.4 Å². The predicted molar refractivity (Wildman–Crippen MR) is 99.0 cm³/mol. The third kappa shape index (κ3) is 3.27. The number of piperidine rings is 1. The Hall–Kier alpha value is -2.89. The summed E-state index contributed by atoms with van der Waals surface area (Å²) in [6.45, 7) is 4.22. The average Bonchev–Trinajstić information content (AvgIpc) is 3.31. The van der Waals surface area contributed by atoms with Crippen LogP contribution in [0.5, 0.6) is 0 Å². The summed E-state index contributed by atoms with van der Waals surface area (Å²) in [5, 5.41) is 0. The fourth-order valence-corrected chi connectivity index (χ4v) is 3.73. The largest absolute Gasteiger partial charge is 0.365 e. The quantitative estimate of drug-likeness (QED) is 0.787. The van der Waals surface area contributed by atoms with Crippen molar-refractivity contribution in [2.75, 3.05) is 13.1 Å². The van der Waals surface area contributed by atoms with Crippen LogP contribution in [0.15, 0.2) is 49.2 Å².